The summed E-state index contributed by atoms with van der Waals surface area (Å²) in [6, 6.07) is 2.57. The Labute approximate surface area is 120 Å². The quantitative estimate of drug-likeness (QED) is 0.788. The molecule has 0 saturated carbocycles. The molecule has 0 fully saturated rings. The predicted molar refractivity (Wildman–Crippen MR) is 72.4 cm³/mol. The normalized spacial score (nSPS) is 12.4. The van der Waals surface area contributed by atoms with Crippen LogP contribution in [0.1, 0.15) is 12.5 Å². The average Bonchev–Trinajstić information content (AvgIpc) is 2.26. The van der Waals surface area contributed by atoms with Crippen molar-refractivity contribution in [3.05, 3.63) is 28.8 Å². The highest BCUT2D eigenvalue weighted by Crippen LogP contribution is 2.33. The van der Waals surface area contributed by atoms with Gasteiger partial charge in [0.25, 0.3) is 0 Å². The third-order valence-corrected chi connectivity index (χ3v) is 3.80. The van der Waals surface area contributed by atoms with Gasteiger partial charge in [-0.3, -0.25) is 4.72 Å². The Morgan fingerprint density at radius 1 is 1.25 bits per heavy atom. The van der Waals surface area contributed by atoms with Crippen LogP contribution in [0.3, 0.4) is 0 Å². The molecule has 0 spiro atoms. The fraction of sp³-hybridized carbons (Fsp3) is 0.455. The minimum absolute atomic E-state index is 0.191. The highest BCUT2D eigenvalue weighted by Gasteiger charge is 2.31. The summed E-state index contributed by atoms with van der Waals surface area (Å²) in [5.74, 6) is -0.241. The minimum atomic E-state index is -4.59. The van der Waals surface area contributed by atoms with Gasteiger partial charge in [-0.05, 0) is 24.7 Å². The van der Waals surface area contributed by atoms with Crippen LogP contribution in [0, 0.1) is 0 Å². The second kappa shape index (κ2) is 6.64. The van der Waals surface area contributed by atoms with Crippen LogP contribution in [-0.2, 0) is 16.2 Å². The average molecular weight is 331 g/mol. The van der Waals surface area contributed by atoms with E-state index in [2.05, 4.69) is 10.0 Å². The Morgan fingerprint density at radius 3 is 2.45 bits per heavy atom. The van der Waals surface area contributed by atoms with Crippen molar-refractivity contribution in [3.8, 4) is 0 Å². The Kier molecular flexibility index (Phi) is 5.67. The first-order valence-corrected chi connectivity index (χ1v) is 7.76. The molecule has 0 aliphatic carbocycles. The summed E-state index contributed by atoms with van der Waals surface area (Å²) in [5, 5.41) is 2.62. The van der Waals surface area contributed by atoms with E-state index in [1.165, 1.54) is 0 Å². The zero-order chi connectivity index (χ0) is 15.4. The lowest BCUT2D eigenvalue weighted by Crippen LogP contribution is -2.26. The number of rotatable bonds is 6. The second-order valence-corrected chi connectivity index (χ2v) is 6.28. The zero-order valence-corrected chi connectivity index (χ0v) is 12.2. The number of alkyl halides is 3. The van der Waals surface area contributed by atoms with E-state index < -0.39 is 21.8 Å². The molecule has 0 saturated heterocycles. The molecule has 0 amide bonds. The molecule has 0 aliphatic rings. The van der Waals surface area contributed by atoms with Gasteiger partial charge in [-0.15, -0.1) is 0 Å². The summed E-state index contributed by atoms with van der Waals surface area (Å²) in [5.41, 5.74) is -1.21. The van der Waals surface area contributed by atoms with Gasteiger partial charge >= 0.3 is 6.18 Å². The molecule has 20 heavy (non-hydrogen) atoms. The number of benzene rings is 1. The van der Waals surface area contributed by atoms with Crippen molar-refractivity contribution in [1.82, 2.24) is 5.32 Å². The van der Waals surface area contributed by atoms with Gasteiger partial charge < -0.3 is 5.32 Å². The first-order valence-electron chi connectivity index (χ1n) is 5.73. The molecule has 0 heterocycles. The van der Waals surface area contributed by atoms with E-state index in [4.69, 9.17) is 11.6 Å². The van der Waals surface area contributed by atoms with Gasteiger partial charge in [-0.25, -0.2) is 8.42 Å². The highest BCUT2D eigenvalue weighted by molar-refractivity contribution is 7.92. The molecule has 0 aromatic heterocycles. The molecule has 0 aliphatic heterocycles. The maximum absolute atomic E-state index is 12.6. The molecule has 114 valence electrons. The van der Waals surface area contributed by atoms with Gasteiger partial charge in [-0.2, -0.15) is 13.2 Å². The number of sulfonamides is 1. The van der Waals surface area contributed by atoms with Gasteiger partial charge in [-0.1, -0.05) is 18.5 Å². The summed E-state index contributed by atoms with van der Waals surface area (Å²) in [4.78, 5) is 0. The van der Waals surface area contributed by atoms with Gasteiger partial charge in [0.05, 0.1) is 17.0 Å². The standard InChI is InChI=1S/C11H14ClF3N2O2S/c1-2-16-3-4-20(18,19)17-10-6-8(11(13,14)15)5-9(12)7-10/h5-7,16-17H,2-4H2,1H3. The van der Waals surface area contributed by atoms with Crippen LogP contribution in [-0.4, -0.2) is 27.3 Å². The lowest BCUT2D eigenvalue weighted by atomic mass is 10.2. The second-order valence-electron chi connectivity index (χ2n) is 4.00. The van der Waals surface area contributed by atoms with E-state index in [0.29, 0.717) is 12.6 Å². The highest BCUT2D eigenvalue weighted by atomic mass is 35.5. The van der Waals surface area contributed by atoms with Crippen LogP contribution in [0.15, 0.2) is 18.2 Å². The number of anilines is 1. The summed E-state index contributed by atoms with van der Waals surface area (Å²) < 4.78 is 63.2. The molecule has 1 aromatic rings. The van der Waals surface area contributed by atoms with Gasteiger partial charge in [0.15, 0.2) is 0 Å². The Hall–Kier alpha value is -0.990. The van der Waals surface area contributed by atoms with Crippen molar-refractivity contribution in [1.29, 1.82) is 0 Å². The summed E-state index contributed by atoms with van der Waals surface area (Å²) in [7, 11) is -3.72. The van der Waals surface area contributed by atoms with Crippen molar-refractivity contribution < 1.29 is 21.6 Å². The van der Waals surface area contributed by atoms with E-state index in [-0.39, 0.29) is 23.0 Å². The maximum Gasteiger partial charge on any atom is 0.416 e. The Balaban J connectivity index is 2.90. The van der Waals surface area contributed by atoms with Crippen molar-refractivity contribution in [2.24, 2.45) is 0 Å². The third kappa shape index (κ3) is 5.56. The predicted octanol–water partition coefficient (Wildman–Crippen LogP) is 2.71. The minimum Gasteiger partial charge on any atom is -0.316 e. The van der Waals surface area contributed by atoms with Crippen molar-refractivity contribution >= 4 is 27.3 Å². The lowest BCUT2D eigenvalue weighted by molar-refractivity contribution is -0.137. The SMILES string of the molecule is CCNCCS(=O)(=O)Nc1cc(Cl)cc(C(F)(F)F)c1. The molecule has 1 aromatic carbocycles. The van der Waals surface area contributed by atoms with E-state index in [1.54, 1.807) is 0 Å². The van der Waals surface area contributed by atoms with Crippen molar-refractivity contribution in [2.45, 2.75) is 13.1 Å². The lowest BCUT2D eigenvalue weighted by Gasteiger charge is -2.12. The fourth-order valence-corrected chi connectivity index (χ4v) is 2.65. The zero-order valence-electron chi connectivity index (χ0n) is 10.6. The van der Waals surface area contributed by atoms with Crippen LogP contribution in [0.5, 0.6) is 0 Å². The number of hydrogen-bond donors (Lipinski definition) is 2. The van der Waals surface area contributed by atoms with Crippen molar-refractivity contribution in [3.63, 3.8) is 0 Å². The Bertz CT molecular complexity index is 561. The summed E-state index contributed by atoms with van der Waals surface area (Å²) >= 11 is 5.56. The largest absolute Gasteiger partial charge is 0.416 e. The molecule has 1 rings (SSSR count). The van der Waals surface area contributed by atoms with E-state index in [9.17, 15) is 21.6 Å². The molecule has 0 bridgehead atoms. The van der Waals surface area contributed by atoms with E-state index in [1.807, 2.05) is 6.92 Å². The molecule has 4 nitrogen and oxygen atoms in total. The monoisotopic (exact) mass is 330 g/mol. The van der Waals surface area contributed by atoms with Crippen LogP contribution < -0.4 is 10.0 Å². The smallest absolute Gasteiger partial charge is 0.316 e. The third-order valence-electron chi connectivity index (χ3n) is 2.30. The molecule has 2 N–H and O–H groups in total. The molecular formula is C11H14ClF3N2O2S. The molecule has 0 unspecified atom stereocenters. The summed E-state index contributed by atoms with van der Waals surface area (Å²) in [6.07, 6.45) is -4.59. The molecule has 0 radical (unpaired) electrons. The molecular weight excluding hydrogens is 317 g/mol. The molecule has 9 heteroatoms. The number of hydrogen-bond acceptors (Lipinski definition) is 3. The maximum atomic E-state index is 12.6. The van der Waals surface area contributed by atoms with Gasteiger partial charge in [0.2, 0.25) is 10.0 Å². The number of halogens is 4. The van der Waals surface area contributed by atoms with Gasteiger partial charge in [0.1, 0.15) is 0 Å². The topological polar surface area (TPSA) is 58.2 Å². The van der Waals surface area contributed by atoms with Crippen molar-refractivity contribution in [2.75, 3.05) is 23.6 Å². The van der Waals surface area contributed by atoms with E-state index >= 15 is 0 Å². The first kappa shape index (κ1) is 17.1. The van der Waals surface area contributed by atoms with Gasteiger partial charge in [0, 0.05) is 11.6 Å². The number of nitrogens with one attached hydrogen (secondary N) is 2. The summed E-state index contributed by atoms with van der Waals surface area (Å²) in [6.45, 7) is 2.62. The van der Waals surface area contributed by atoms with Crippen LogP contribution in [0.25, 0.3) is 0 Å². The molecule has 0 atom stereocenters. The van der Waals surface area contributed by atoms with Crippen LogP contribution in [0.2, 0.25) is 5.02 Å². The van der Waals surface area contributed by atoms with Crippen LogP contribution >= 0.6 is 11.6 Å². The van der Waals surface area contributed by atoms with Crippen LogP contribution in [0.4, 0.5) is 18.9 Å². The Morgan fingerprint density at radius 2 is 1.90 bits per heavy atom. The van der Waals surface area contributed by atoms with E-state index in [0.717, 1.165) is 12.1 Å². The first-order chi connectivity index (χ1) is 9.14. The fourth-order valence-electron chi connectivity index (χ4n) is 1.43.